The van der Waals surface area contributed by atoms with Gasteiger partial charge in [-0.15, -0.1) is 4.85 Å². The molecule has 0 unspecified atom stereocenters. The molecule has 0 aliphatic heterocycles. The maximum Gasteiger partial charge on any atom is 0.387 e. The van der Waals surface area contributed by atoms with Crippen LogP contribution in [0.4, 0.5) is 14.6 Å². The molecular formula is C16H17F2N3O3. The van der Waals surface area contributed by atoms with Crippen molar-refractivity contribution in [3.05, 3.63) is 35.5 Å². The quantitative estimate of drug-likeness (QED) is 0.670. The monoisotopic (exact) mass is 337 g/mol. The predicted molar refractivity (Wildman–Crippen MR) is 82.6 cm³/mol. The van der Waals surface area contributed by atoms with Crippen molar-refractivity contribution < 1.29 is 23.1 Å². The van der Waals surface area contributed by atoms with Crippen molar-refractivity contribution in [1.29, 1.82) is 0 Å². The van der Waals surface area contributed by atoms with Crippen molar-refractivity contribution in [3.8, 4) is 22.8 Å². The Kier molecular flexibility index (Phi) is 4.64. The van der Waals surface area contributed by atoms with E-state index in [0.29, 0.717) is 16.1 Å². The average Bonchev–Trinajstić information content (AvgIpc) is 3.04. The second kappa shape index (κ2) is 6.86. The van der Waals surface area contributed by atoms with E-state index in [1.165, 1.54) is 18.2 Å². The van der Waals surface area contributed by atoms with Crippen LogP contribution in [0.3, 0.4) is 0 Å². The van der Waals surface area contributed by atoms with Crippen molar-refractivity contribution in [1.82, 2.24) is 5.10 Å². The van der Waals surface area contributed by atoms with E-state index in [4.69, 9.17) is 10.5 Å². The van der Waals surface area contributed by atoms with Gasteiger partial charge in [0, 0.05) is 11.6 Å². The zero-order valence-electron chi connectivity index (χ0n) is 12.8. The van der Waals surface area contributed by atoms with E-state index >= 15 is 0 Å². The number of nitrogen functional groups attached to an aromatic ring is 1. The number of nitrogens with two attached hydrogens (primary N) is 1. The highest BCUT2D eigenvalue weighted by atomic mass is 19.3. The molecule has 6 nitrogen and oxygen atoms in total. The van der Waals surface area contributed by atoms with Gasteiger partial charge in [0.05, 0.1) is 6.10 Å². The van der Waals surface area contributed by atoms with Gasteiger partial charge in [0.15, 0.2) is 11.5 Å². The van der Waals surface area contributed by atoms with Crippen LogP contribution < -0.4 is 20.1 Å². The molecule has 0 bridgehead atoms. The first-order valence-corrected chi connectivity index (χ1v) is 7.65. The van der Waals surface area contributed by atoms with E-state index in [1.54, 1.807) is 12.1 Å². The topological polar surface area (TPSA) is 84.3 Å². The number of alkyl halides is 2. The molecule has 2 aromatic rings. The van der Waals surface area contributed by atoms with Gasteiger partial charge >= 0.3 is 6.61 Å². The van der Waals surface area contributed by atoms with Crippen molar-refractivity contribution in [2.75, 3.05) is 5.73 Å². The van der Waals surface area contributed by atoms with Gasteiger partial charge in [-0.1, -0.05) is 5.10 Å². The lowest BCUT2D eigenvalue weighted by Crippen LogP contribution is -2.34. The lowest BCUT2D eigenvalue weighted by atomic mass is 10.1. The van der Waals surface area contributed by atoms with Gasteiger partial charge in [-0.25, -0.2) is 0 Å². The Morgan fingerprint density at radius 1 is 1.17 bits per heavy atom. The maximum atomic E-state index is 12.6. The first kappa shape index (κ1) is 16.2. The maximum absolute atomic E-state index is 12.6. The van der Waals surface area contributed by atoms with Crippen LogP contribution in [-0.2, 0) is 0 Å². The number of ether oxygens (including phenoxy) is 2. The molecule has 0 radical (unpaired) electrons. The summed E-state index contributed by atoms with van der Waals surface area (Å²) in [5.74, 6) is 0.153. The van der Waals surface area contributed by atoms with Crippen LogP contribution >= 0.6 is 0 Å². The zero-order valence-corrected chi connectivity index (χ0v) is 12.8. The minimum Gasteiger partial charge on any atom is -0.691 e. The number of anilines is 1. The minimum absolute atomic E-state index is 0.0240. The smallest absolute Gasteiger partial charge is 0.387 e. The molecule has 1 aromatic heterocycles. The van der Waals surface area contributed by atoms with Crippen LogP contribution in [0.2, 0.25) is 0 Å². The molecule has 1 aliphatic rings. The van der Waals surface area contributed by atoms with Crippen LogP contribution in [-0.4, -0.2) is 17.8 Å². The number of aromatic nitrogens is 2. The molecule has 3 rings (SSSR count). The average molecular weight is 337 g/mol. The molecule has 8 heteroatoms. The Balaban J connectivity index is 1.93. The lowest BCUT2D eigenvalue weighted by molar-refractivity contribution is -0.653. The first-order valence-electron chi connectivity index (χ1n) is 7.65. The fraction of sp³-hybridized carbons (Fsp3) is 0.375. The molecule has 0 atom stereocenters. The van der Waals surface area contributed by atoms with Crippen molar-refractivity contribution in [3.63, 3.8) is 0 Å². The summed E-state index contributed by atoms with van der Waals surface area (Å²) in [7, 11) is 0. The van der Waals surface area contributed by atoms with Crippen LogP contribution in [0.1, 0.15) is 25.7 Å². The molecule has 128 valence electrons. The van der Waals surface area contributed by atoms with Crippen LogP contribution in [0, 0.1) is 5.21 Å². The molecule has 24 heavy (non-hydrogen) atoms. The zero-order chi connectivity index (χ0) is 17.1. The van der Waals surface area contributed by atoms with Crippen LogP contribution in [0.25, 0.3) is 11.3 Å². The summed E-state index contributed by atoms with van der Waals surface area (Å²) in [6.07, 6.45) is 3.82. The molecule has 1 saturated carbocycles. The number of nitrogens with zero attached hydrogens (tertiary/aromatic N) is 2. The first-order chi connectivity index (χ1) is 11.5. The summed E-state index contributed by atoms with van der Waals surface area (Å²) in [5, 5.41) is 15.3. The molecule has 0 saturated heterocycles. The molecule has 2 N–H and O–H groups in total. The molecule has 1 aliphatic carbocycles. The SMILES string of the molecule is Nc1ccc(-c2ccc(OC(F)F)c(OC3CCCC3)c2)n[n+]1[O-]. The van der Waals surface area contributed by atoms with Crippen LogP contribution in [0.5, 0.6) is 11.5 Å². The van der Waals surface area contributed by atoms with E-state index < -0.39 is 6.61 Å². The Bertz CT molecular complexity index is 722. The lowest BCUT2D eigenvalue weighted by Gasteiger charge is -2.17. The molecule has 1 fully saturated rings. The minimum atomic E-state index is -2.94. The number of benzene rings is 1. The van der Waals surface area contributed by atoms with Gasteiger partial charge < -0.3 is 14.7 Å². The van der Waals surface area contributed by atoms with E-state index in [2.05, 4.69) is 9.84 Å². The third-order valence-corrected chi connectivity index (χ3v) is 3.88. The molecule has 0 spiro atoms. The van der Waals surface area contributed by atoms with Gasteiger partial charge in [-0.05, 0) is 49.9 Å². The highest BCUT2D eigenvalue weighted by Gasteiger charge is 2.20. The summed E-state index contributed by atoms with van der Waals surface area (Å²) in [6.45, 7) is -2.94. The predicted octanol–water partition coefficient (Wildman–Crippen LogP) is 2.89. The van der Waals surface area contributed by atoms with Gasteiger partial charge in [-0.2, -0.15) is 8.78 Å². The van der Waals surface area contributed by atoms with Crippen LogP contribution in [0.15, 0.2) is 30.3 Å². The summed E-state index contributed by atoms with van der Waals surface area (Å²) in [6, 6.07) is 7.48. The third kappa shape index (κ3) is 3.64. The normalized spacial score (nSPS) is 15.0. The largest absolute Gasteiger partial charge is 0.691 e. The standard InChI is InChI=1S/C16H17F2N3O3/c17-16(18)24-13-7-5-10(12-6-8-15(19)21(22)20-12)9-14(13)23-11-3-1-2-4-11/h5-9,11,16H,1-4,19H2. The van der Waals surface area contributed by atoms with E-state index in [0.717, 1.165) is 25.7 Å². The van der Waals surface area contributed by atoms with Gasteiger partial charge in [0.2, 0.25) is 0 Å². The number of hydrogen-bond donors (Lipinski definition) is 1. The second-order valence-electron chi connectivity index (χ2n) is 5.58. The highest BCUT2D eigenvalue weighted by molar-refractivity contribution is 5.63. The molecule has 1 aromatic carbocycles. The van der Waals surface area contributed by atoms with Gasteiger partial charge in [0.25, 0.3) is 5.82 Å². The third-order valence-electron chi connectivity index (χ3n) is 3.88. The molecule has 1 heterocycles. The Morgan fingerprint density at radius 2 is 1.92 bits per heavy atom. The fourth-order valence-corrected chi connectivity index (χ4v) is 2.71. The summed E-state index contributed by atoms with van der Waals surface area (Å²) in [5.41, 5.74) is 6.35. The summed E-state index contributed by atoms with van der Waals surface area (Å²) >= 11 is 0. The Hall–Kier alpha value is -2.64. The van der Waals surface area contributed by atoms with E-state index in [-0.39, 0.29) is 23.4 Å². The highest BCUT2D eigenvalue weighted by Crippen LogP contribution is 2.35. The van der Waals surface area contributed by atoms with Gasteiger partial charge in [0.1, 0.15) is 5.69 Å². The van der Waals surface area contributed by atoms with E-state index in [1.807, 2.05) is 0 Å². The Labute approximate surface area is 137 Å². The number of rotatable bonds is 5. The summed E-state index contributed by atoms with van der Waals surface area (Å²) in [4.78, 5) is 0.302. The molecular weight excluding hydrogens is 320 g/mol. The van der Waals surface area contributed by atoms with Crippen molar-refractivity contribution in [2.24, 2.45) is 0 Å². The molecule has 0 amide bonds. The fourth-order valence-electron chi connectivity index (χ4n) is 2.71. The van der Waals surface area contributed by atoms with Gasteiger partial charge in [-0.3, -0.25) is 5.73 Å². The van der Waals surface area contributed by atoms with Crippen molar-refractivity contribution >= 4 is 5.82 Å². The number of halogens is 2. The van der Waals surface area contributed by atoms with Crippen molar-refractivity contribution in [2.45, 2.75) is 38.4 Å². The van der Waals surface area contributed by atoms with E-state index in [9.17, 15) is 14.0 Å². The second-order valence-corrected chi connectivity index (χ2v) is 5.58. The Morgan fingerprint density at radius 3 is 2.58 bits per heavy atom. The summed E-state index contributed by atoms with van der Waals surface area (Å²) < 4.78 is 35.5. The number of hydrogen-bond acceptors (Lipinski definition) is 5.